The summed E-state index contributed by atoms with van der Waals surface area (Å²) in [4.78, 5) is 11.0. The number of anilines is 3. The van der Waals surface area contributed by atoms with Gasteiger partial charge in [-0.15, -0.1) is 13.2 Å². The monoisotopic (exact) mass is 477 g/mol. The van der Waals surface area contributed by atoms with E-state index in [2.05, 4.69) is 25.3 Å². The van der Waals surface area contributed by atoms with Gasteiger partial charge in [0.25, 0.3) is 0 Å². The van der Waals surface area contributed by atoms with Crippen LogP contribution < -0.4 is 24.8 Å². The lowest BCUT2D eigenvalue weighted by Crippen LogP contribution is -2.21. The first kappa shape index (κ1) is 24.9. The van der Waals surface area contributed by atoms with Gasteiger partial charge in [0.15, 0.2) is 0 Å². The van der Waals surface area contributed by atoms with Crippen LogP contribution in [0.5, 0.6) is 17.2 Å². The average molecular weight is 477 g/mol. The second kappa shape index (κ2) is 10.9. The smallest absolute Gasteiger partial charge is 0.497 e. The van der Waals surface area contributed by atoms with Gasteiger partial charge in [0.1, 0.15) is 23.1 Å². The Kier molecular flexibility index (Phi) is 8.00. The van der Waals surface area contributed by atoms with Crippen LogP contribution in [0.4, 0.5) is 30.6 Å². The van der Waals surface area contributed by atoms with Gasteiger partial charge in [-0.25, -0.2) is 4.98 Å². The van der Waals surface area contributed by atoms with Crippen molar-refractivity contribution < 1.29 is 27.4 Å². The van der Waals surface area contributed by atoms with Crippen LogP contribution in [-0.2, 0) is 0 Å². The molecule has 8 nitrogen and oxygen atoms in total. The minimum absolute atomic E-state index is 0.318. The first-order chi connectivity index (χ1) is 16.1. The van der Waals surface area contributed by atoms with Crippen LogP contribution >= 0.6 is 0 Å². The number of alkyl halides is 3. The third-order valence-corrected chi connectivity index (χ3v) is 4.56. The van der Waals surface area contributed by atoms with Gasteiger partial charge in [0.05, 0.1) is 19.9 Å². The molecular weight excluding hydrogens is 451 g/mol. The largest absolute Gasteiger partial charge is 0.573 e. The minimum atomic E-state index is -4.79. The van der Waals surface area contributed by atoms with Gasteiger partial charge in [-0.2, -0.15) is 4.98 Å². The topological polar surface area (TPSA) is 80.8 Å². The van der Waals surface area contributed by atoms with Gasteiger partial charge in [0.2, 0.25) is 5.95 Å². The van der Waals surface area contributed by atoms with Gasteiger partial charge in [-0.3, -0.25) is 0 Å². The maximum absolute atomic E-state index is 12.7. The molecule has 0 radical (unpaired) electrons. The Bertz CT molecular complexity index is 1090. The van der Waals surface area contributed by atoms with Crippen molar-refractivity contribution in [3.63, 3.8) is 0 Å². The molecule has 3 aromatic rings. The maximum atomic E-state index is 12.7. The van der Waals surface area contributed by atoms with Crippen molar-refractivity contribution >= 4 is 17.5 Å². The molecule has 2 N–H and O–H groups in total. The highest BCUT2D eigenvalue weighted by molar-refractivity contribution is 5.69. The molecule has 2 aromatic carbocycles. The highest BCUT2D eigenvalue weighted by Crippen LogP contribution is 2.31. The first-order valence-electron chi connectivity index (χ1n) is 10.3. The number of ether oxygens (including phenoxy) is 3. The van der Waals surface area contributed by atoms with Crippen molar-refractivity contribution in [2.75, 3.05) is 52.0 Å². The number of hydrogen-bond donors (Lipinski definition) is 2. The molecule has 0 saturated heterocycles. The molecule has 34 heavy (non-hydrogen) atoms. The number of methoxy groups -OCH3 is 2. The van der Waals surface area contributed by atoms with Crippen molar-refractivity contribution in [1.29, 1.82) is 0 Å². The standard InChI is InChI=1S/C23H26F3N5O3/c1-31(2)9-8-27-22-29-20(15-6-5-7-17(10-15)34-23(24,25)26)14-21(30-22)28-16-11-18(32-3)13-19(12-16)33-4/h5-7,10-14H,8-9H2,1-4H3,(H2,27,28,29,30). The lowest BCUT2D eigenvalue weighted by molar-refractivity contribution is -0.274. The van der Waals surface area contributed by atoms with E-state index in [1.807, 2.05) is 19.0 Å². The van der Waals surface area contributed by atoms with Crippen molar-refractivity contribution in [2.45, 2.75) is 6.36 Å². The van der Waals surface area contributed by atoms with Crippen LogP contribution in [-0.4, -0.2) is 62.6 Å². The van der Waals surface area contributed by atoms with E-state index in [-0.39, 0.29) is 5.75 Å². The maximum Gasteiger partial charge on any atom is 0.573 e. The second-order valence-electron chi connectivity index (χ2n) is 7.49. The van der Waals surface area contributed by atoms with E-state index >= 15 is 0 Å². The minimum Gasteiger partial charge on any atom is -0.497 e. The van der Waals surface area contributed by atoms with Crippen LogP contribution in [0.25, 0.3) is 11.3 Å². The second-order valence-corrected chi connectivity index (χ2v) is 7.49. The van der Waals surface area contributed by atoms with Gasteiger partial charge >= 0.3 is 6.36 Å². The Balaban J connectivity index is 1.97. The summed E-state index contributed by atoms with van der Waals surface area (Å²) in [5.41, 5.74) is 1.49. The fourth-order valence-electron chi connectivity index (χ4n) is 3.01. The van der Waals surface area contributed by atoms with Crippen LogP contribution in [0.2, 0.25) is 0 Å². The summed E-state index contributed by atoms with van der Waals surface area (Å²) in [5.74, 6) is 1.57. The van der Waals surface area contributed by atoms with Gasteiger partial charge in [-0.1, -0.05) is 12.1 Å². The molecule has 0 spiro atoms. The van der Waals surface area contributed by atoms with Crippen LogP contribution in [0.1, 0.15) is 0 Å². The normalized spacial score (nSPS) is 11.3. The molecule has 0 aliphatic carbocycles. The molecule has 0 aliphatic heterocycles. The Morgan fingerprint density at radius 2 is 1.62 bits per heavy atom. The number of hydrogen-bond acceptors (Lipinski definition) is 8. The van der Waals surface area contributed by atoms with Crippen LogP contribution in [0, 0.1) is 0 Å². The zero-order valence-corrected chi connectivity index (χ0v) is 19.2. The molecule has 0 aliphatic rings. The van der Waals surface area contributed by atoms with E-state index in [1.54, 1.807) is 44.6 Å². The van der Waals surface area contributed by atoms with Crippen molar-refractivity contribution in [1.82, 2.24) is 14.9 Å². The van der Waals surface area contributed by atoms with E-state index in [4.69, 9.17) is 9.47 Å². The van der Waals surface area contributed by atoms with E-state index in [1.165, 1.54) is 18.2 Å². The molecule has 3 rings (SSSR count). The Hall–Kier alpha value is -3.73. The summed E-state index contributed by atoms with van der Waals surface area (Å²) < 4.78 is 52.7. The number of nitrogens with one attached hydrogen (secondary N) is 2. The van der Waals surface area contributed by atoms with Crippen LogP contribution in [0.15, 0.2) is 48.5 Å². The SMILES string of the molecule is COc1cc(Nc2cc(-c3cccc(OC(F)(F)F)c3)nc(NCCN(C)C)n2)cc(OC)c1. The molecule has 1 heterocycles. The average Bonchev–Trinajstić information content (AvgIpc) is 2.77. The quantitative estimate of drug-likeness (QED) is 0.432. The molecule has 0 bridgehead atoms. The predicted octanol–water partition coefficient (Wildman–Crippen LogP) is 4.78. The van der Waals surface area contributed by atoms with E-state index in [0.29, 0.717) is 46.8 Å². The van der Waals surface area contributed by atoms with E-state index in [9.17, 15) is 13.2 Å². The molecule has 11 heteroatoms. The Labute approximate surface area is 195 Å². The number of benzene rings is 2. The highest BCUT2D eigenvalue weighted by atomic mass is 19.4. The fourth-order valence-corrected chi connectivity index (χ4v) is 3.01. The van der Waals surface area contributed by atoms with E-state index < -0.39 is 6.36 Å². The van der Waals surface area contributed by atoms with Crippen molar-refractivity contribution in [3.8, 4) is 28.5 Å². The summed E-state index contributed by atoms with van der Waals surface area (Å²) in [5, 5.41) is 6.33. The Morgan fingerprint density at radius 1 is 0.912 bits per heavy atom. The molecule has 0 saturated carbocycles. The lowest BCUT2D eigenvalue weighted by Gasteiger charge is -2.15. The summed E-state index contributed by atoms with van der Waals surface area (Å²) in [6.45, 7) is 1.30. The highest BCUT2D eigenvalue weighted by Gasteiger charge is 2.31. The molecular formula is C23H26F3N5O3. The molecule has 182 valence electrons. The number of rotatable bonds is 10. The zero-order valence-electron chi connectivity index (χ0n) is 19.2. The third kappa shape index (κ3) is 7.41. The Morgan fingerprint density at radius 3 is 2.24 bits per heavy atom. The first-order valence-corrected chi connectivity index (χ1v) is 10.3. The number of halogens is 3. The summed E-state index contributed by atoms with van der Waals surface area (Å²) in [7, 11) is 6.97. The van der Waals surface area contributed by atoms with Crippen molar-refractivity contribution in [2.24, 2.45) is 0 Å². The van der Waals surface area contributed by atoms with Gasteiger partial charge in [-0.05, 0) is 26.2 Å². The van der Waals surface area contributed by atoms with Gasteiger partial charge < -0.3 is 29.7 Å². The number of likely N-dealkylation sites (N-methyl/N-ethyl adjacent to an activating group) is 1. The lowest BCUT2D eigenvalue weighted by atomic mass is 10.1. The summed E-state index contributed by atoms with van der Waals surface area (Å²) >= 11 is 0. The van der Waals surface area contributed by atoms with Gasteiger partial charge in [0, 0.05) is 48.6 Å². The molecule has 0 unspecified atom stereocenters. The number of nitrogens with zero attached hydrogens (tertiary/aromatic N) is 3. The molecule has 0 amide bonds. The summed E-state index contributed by atoms with van der Waals surface area (Å²) in [6.07, 6.45) is -4.79. The third-order valence-electron chi connectivity index (χ3n) is 4.56. The van der Waals surface area contributed by atoms with Crippen LogP contribution in [0.3, 0.4) is 0 Å². The predicted molar refractivity (Wildman–Crippen MR) is 124 cm³/mol. The fraction of sp³-hybridized carbons (Fsp3) is 0.304. The summed E-state index contributed by atoms with van der Waals surface area (Å²) in [6, 6.07) is 12.5. The molecule has 1 aromatic heterocycles. The molecule has 0 atom stereocenters. The zero-order chi connectivity index (χ0) is 24.7. The molecule has 0 fully saturated rings. The number of aromatic nitrogens is 2. The van der Waals surface area contributed by atoms with E-state index in [0.717, 1.165) is 6.54 Å². The van der Waals surface area contributed by atoms with Crippen molar-refractivity contribution in [3.05, 3.63) is 48.5 Å².